The average molecular weight is 643 g/mol. The van der Waals surface area contributed by atoms with Gasteiger partial charge in [-0.05, 0) is 56.7 Å². The molecule has 1 aliphatic carbocycles. The fourth-order valence-electron chi connectivity index (χ4n) is 6.14. The summed E-state index contributed by atoms with van der Waals surface area (Å²) in [5.41, 5.74) is 3.29. The fourth-order valence-corrected chi connectivity index (χ4v) is 7.71. The van der Waals surface area contributed by atoms with Gasteiger partial charge in [0.05, 0.1) is 29.6 Å². The molecule has 10 heteroatoms. The van der Waals surface area contributed by atoms with Crippen LogP contribution in [-0.2, 0) is 27.5 Å². The lowest BCUT2D eigenvalue weighted by Gasteiger charge is -2.20. The molecule has 2 heterocycles. The molecule has 0 unspecified atom stereocenters. The first kappa shape index (κ1) is 33.2. The van der Waals surface area contributed by atoms with Gasteiger partial charge in [-0.2, -0.15) is 0 Å². The van der Waals surface area contributed by atoms with Crippen LogP contribution in [0.3, 0.4) is 0 Å². The second-order valence-electron chi connectivity index (χ2n) is 11.9. The van der Waals surface area contributed by atoms with Gasteiger partial charge in [0.15, 0.2) is 21.4 Å². The van der Waals surface area contributed by atoms with Gasteiger partial charge in [0, 0.05) is 23.5 Å². The highest BCUT2D eigenvalue weighted by Gasteiger charge is 2.28. The van der Waals surface area contributed by atoms with Gasteiger partial charge in [0.25, 0.3) is 5.56 Å². The Labute approximate surface area is 271 Å². The number of nitrogens with zero attached hydrogens (tertiary/aromatic N) is 4. The number of sulfone groups is 1. The number of aryl methyl sites for hydroxylation is 2. The molecule has 0 atom stereocenters. The van der Waals surface area contributed by atoms with E-state index >= 15 is 0 Å². The summed E-state index contributed by atoms with van der Waals surface area (Å²) in [6, 6.07) is 14.4. The molecule has 2 aromatic heterocycles. The van der Waals surface area contributed by atoms with Crippen molar-refractivity contribution in [1.29, 1.82) is 0 Å². The van der Waals surface area contributed by atoms with Gasteiger partial charge in [-0.25, -0.2) is 27.9 Å². The number of aromatic nitrogens is 4. The third-order valence-electron chi connectivity index (χ3n) is 8.58. The van der Waals surface area contributed by atoms with Crippen molar-refractivity contribution in [2.24, 2.45) is 5.92 Å². The first-order valence-corrected chi connectivity index (χ1v) is 17.9. The Morgan fingerprint density at radius 2 is 1.67 bits per heavy atom. The molecule has 0 N–H and O–H groups in total. The Bertz CT molecular complexity index is 1830. The number of hydrogen-bond acceptors (Lipinski definition) is 8. The van der Waals surface area contributed by atoms with E-state index in [1.807, 2.05) is 31.2 Å². The molecule has 1 saturated carbocycles. The van der Waals surface area contributed by atoms with Crippen molar-refractivity contribution in [3.63, 3.8) is 0 Å². The number of hydrogen-bond donors (Lipinski definition) is 0. The highest BCUT2D eigenvalue weighted by Crippen LogP contribution is 2.31. The number of ether oxygens (including phenoxy) is 1. The van der Waals surface area contributed by atoms with Crippen molar-refractivity contribution in [3.05, 3.63) is 93.9 Å². The first-order chi connectivity index (χ1) is 22.2. The first-order valence-electron chi connectivity index (χ1n) is 16.2. The van der Waals surface area contributed by atoms with Gasteiger partial charge in [0.2, 0.25) is 5.95 Å². The molecule has 0 aliphatic heterocycles. The predicted molar refractivity (Wildman–Crippen MR) is 178 cm³/mol. The molecule has 5 rings (SSSR count). The lowest BCUT2D eigenvalue weighted by molar-refractivity contribution is -0.121. The molecule has 0 radical (unpaired) electrons. The van der Waals surface area contributed by atoms with E-state index in [1.54, 1.807) is 43.6 Å². The summed E-state index contributed by atoms with van der Waals surface area (Å²) in [6.07, 6.45) is 10.6. The third-order valence-corrected chi connectivity index (χ3v) is 10.3. The summed E-state index contributed by atoms with van der Waals surface area (Å²) in [5, 5.41) is 0. The second kappa shape index (κ2) is 14.9. The Morgan fingerprint density at radius 3 is 2.35 bits per heavy atom. The van der Waals surface area contributed by atoms with E-state index in [2.05, 4.69) is 16.9 Å². The highest BCUT2D eigenvalue weighted by atomic mass is 32.2. The summed E-state index contributed by atoms with van der Waals surface area (Å²) in [7, 11) is -3.83. The van der Waals surface area contributed by atoms with E-state index in [0.29, 0.717) is 42.1 Å². The molecule has 0 amide bonds. The van der Waals surface area contributed by atoms with Crippen LogP contribution in [-0.4, -0.2) is 46.1 Å². The molecule has 1 aliphatic rings. The highest BCUT2D eigenvalue weighted by molar-refractivity contribution is 7.92. The molecule has 46 heavy (non-hydrogen) atoms. The van der Waals surface area contributed by atoms with Crippen molar-refractivity contribution in [1.82, 2.24) is 19.5 Å². The number of ketones is 1. The largest absolute Gasteiger partial charge is 0.491 e. The van der Waals surface area contributed by atoms with Crippen LogP contribution in [0.25, 0.3) is 17.1 Å². The predicted octanol–water partition coefficient (Wildman–Crippen LogP) is 6.25. The number of unbranched alkanes of at least 4 members (excludes halogenated alkanes) is 1. The molecule has 9 nitrogen and oxygen atoms in total. The normalized spacial score (nSPS) is 13.9. The Kier molecular flexibility index (Phi) is 10.8. The zero-order valence-electron chi connectivity index (χ0n) is 26.9. The molecular formula is C36H42N4O5S. The minimum absolute atomic E-state index is 0.162. The summed E-state index contributed by atoms with van der Waals surface area (Å²) < 4.78 is 33.9. The molecule has 0 bridgehead atoms. The average Bonchev–Trinajstić information content (AvgIpc) is 3.06. The van der Waals surface area contributed by atoms with Crippen LogP contribution in [0.4, 0.5) is 0 Å². The van der Waals surface area contributed by atoms with Crippen molar-refractivity contribution in [2.75, 3.05) is 12.4 Å². The van der Waals surface area contributed by atoms with Gasteiger partial charge in [-0.1, -0.05) is 75.1 Å². The number of carbonyl (C=O) groups excluding carboxylic acids is 1. The molecule has 242 valence electrons. The van der Waals surface area contributed by atoms with E-state index in [4.69, 9.17) is 9.72 Å². The van der Waals surface area contributed by atoms with Crippen LogP contribution in [0.2, 0.25) is 0 Å². The molecule has 0 saturated heterocycles. The zero-order valence-corrected chi connectivity index (χ0v) is 27.7. The van der Waals surface area contributed by atoms with E-state index in [1.165, 1.54) is 4.57 Å². The van der Waals surface area contributed by atoms with Crippen LogP contribution in [0, 0.1) is 12.8 Å². The lowest BCUT2D eigenvalue weighted by atomic mass is 9.87. The molecule has 0 spiro atoms. The molecule has 4 aromatic rings. The van der Waals surface area contributed by atoms with Crippen molar-refractivity contribution in [3.8, 4) is 22.8 Å². The van der Waals surface area contributed by atoms with Crippen LogP contribution in [0.15, 0.2) is 70.6 Å². The van der Waals surface area contributed by atoms with Crippen LogP contribution in [0.1, 0.15) is 81.4 Å². The van der Waals surface area contributed by atoms with Crippen molar-refractivity contribution >= 4 is 15.6 Å². The number of benzene rings is 2. The quantitative estimate of drug-likeness (QED) is 0.168. The van der Waals surface area contributed by atoms with Gasteiger partial charge in [-0.3, -0.25) is 9.59 Å². The minimum atomic E-state index is -3.83. The summed E-state index contributed by atoms with van der Waals surface area (Å²) >= 11 is 0. The van der Waals surface area contributed by atoms with E-state index in [9.17, 15) is 18.0 Å². The summed E-state index contributed by atoms with van der Waals surface area (Å²) in [4.78, 5) is 40.6. The van der Waals surface area contributed by atoms with Gasteiger partial charge < -0.3 is 4.74 Å². The van der Waals surface area contributed by atoms with Gasteiger partial charge in [0.1, 0.15) is 11.6 Å². The maximum atomic E-state index is 14.0. The Morgan fingerprint density at radius 1 is 0.978 bits per heavy atom. The van der Waals surface area contributed by atoms with Crippen LogP contribution in [0.5, 0.6) is 5.75 Å². The van der Waals surface area contributed by atoms with Crippen molar-refractivity contribution in [2.45, 2.75) is 83.5 Å². The second-order valence-corrected chi connectivity index (χ2v) is 13.9. The lowest BCUT2D eigenvalue weighted by Crippen LogP contribution is -2.29. The Balaban J connectivity index is 1.43. The standard InChI is InChI=1S/C36H42N4O5S/c1-4-6-15-32-31(35(42)40(25(3)39-32)36-37-22-29(23-38-36)45-5-2)21-26-17-19-27(20-18-26)30-14-10-11-16-34(30)46(43,44)24-33(41)28-12-8-7-9-13-28/h10-11,14,16-20,22-23,28H,4-9,12-13,15,21,24H2,1-3H3. The minimum Gasteiger partial charge on any atom is -0.491 e. The number of rotatable bonds is 13. The smallest absolute Gasteiger partial charge is 0.264 e. The number of Topliss-reactive ketones (excluding diaryl/α,β-unsaturated/α-hetero) is 1. The summed E-state index contributed by atoms with van der Waals surface area (Å²) in [5.74, 6) is 0.444. The fraction of sp³-hybridized carbons (Fsp3) is 0.417. The van der Waals surface area contributed by atoms with Gasteiger partial charge >= 0.3 is 0 Å². The Hall–Kier alpha value is -4.18. The topological polar surface area (TPSA) is 121 Å². The SMILES string of the molecule is CCCCc1nc(C)n(-c2ncc(OCC)cn2)c(=O)c1Cc1ccc(-c2ccccc2S(=O)(=O)CC(=O)C2CCCCC2)cc1. The molecular weight excluding hydrogens is 600 g/mol. The molecule has 2 aromatic carbocycles. The zero-order chi connectivity index (χ0) is 32.7. The van der Waals surface area contributed by atoms with Gasteiger partial charge in [-0.15, -0.1) is 0 Å². The van der Waals surface area contributed by atoms with E-state index in [-0.39, 0.29) is 28.1 Å². The van der Waals surface area contributed by atoms with Crippen LogP contribution < -0.4 is 10.3 Å². The third kappa shape index (κ3) is 7.61. The van der Waals surface area contributed by atoms with Crippen LogP contribution >= 0.6 is 0 Å². The van der Waals surface area contributed by atoms with E-state index in [0.717, 1.165) is 61.8 Å². The number of carbonyl (C=O) groups is 1. The van der Waals surface area contributed by atoms with E-state index < -0.39 is 15.6 Å². The monoisotopic (exact) mass is 642 g/mol. The maximum Gasteiger partial charge on any atom is 0.264 e. The maximum absolute atomic E-state index is 14.0. The van der Waals surface area contributed by atoms with Crippen molar-refractivity contribution < 1.29 is 17.9 Å². The molecule has 1 fully saturated rings. The summed E-state index contributed by atoms with van der Waals surface area (Å²) in [6.45, 7) is 6.25.